The molecule has 0 radical (unpaired) electrons. The summed E-state index contributed by atoms with van der Waals surface area (Å²) in [6.07, 6.45) is 0.985. The van der Waals surface area contributed by atoms with Crippen molar-refractivity contribution in [2.75, 3.05) is 19.9 Å². The molecule has 2 aliphatic heterocycles. The molecule has 0 saturated carbocycles. The maximum atomic E-state index is 13.7. The predicted octanol–water partition coefficient (Wildman–Crippen LogP) is 3.53. The molecule has 1 atom stereocenters. The highest BCUT2D eigenvalue weighted by Gasteiger charge is 2.28. The number of rotatable bonds is 5. The van der Waals surface area contributed by atoms with Crippen LogP contribution in [-0.2, 0) is 4.79 Å². The van der Waals surface area contributed by atoms with Gasteiger partial charge in [-0.25, -0.2) is 4.39 Å². The van der Waals surface area contributed by atoms with Crippen molar-refractivity contribution in [3.05, 3.63) is 59.4 Å². The second-order valence-electron chi connectivity index (χ2n) is 6.84. The molecule has 0 spiro atoms. The molecule has 0 N–H and O–H groups in total. The number of fused-ring (bicyclic) bond motifs is 1. The van der Waals surface area contributed by atoms with E-state index >= 15 is 0 Å². The molecule has 0 aliphatic carbocycles. The van der Waals surface area contributed by atoms with Crippen molar-refractivity contribution < 1.29 is 23.5 Å². The Balaban J connectivity index is 1.33. The van der Waals surface area contributed by atoms with Crippen LogP contribution in [0.3, 0.4) is 0 Å². The molecule has 1 unspecified atom stereocenters. The summed E-state index contributed by atoms with van der Waals surface area (Å²) in [5.41, 5.74) is 1.17. The molecule has 5 nitrogen and oxygen atoms in total. The molecule has 4 rings (SSSR count). The number of hydrogen-bond donors (Lipinski definition) is 0. The standard InChI is InChI=1S/C21H20FNO4/c22-17-4-2-1-3-16(17)18(24)6-8-21(25)23-10-9-15(12-23)14-5-7-19-20(11-14)27-13-26-19/h1-5,7,11,15H,6,8-10,12-13H2. The Morgan fingerprint density at radius 3 is 2.74 bits per heavy atom. The van der Waals surface area contributed by atoms with Crippen molar-refractivity contribution in [1.29, 1.82) is 0 Å². The second kappa shape index (κ2) is 7.39. The fraction of sp³-hybridized carbons (Fsp3) is 0.333. The Kier molecular flexibility index (Phi) is 4.79. The third-order valence-corrected chi connectivity index (χ3v) is 5.15. The molecule has 1 amide bonds. The van der Waals surface area contributed by atoms with E-state index in [0.717, 1.165) is 23.5 Å². The van der Waals surface area contributed by atoms with Gasteiger partial charge in [-0.1, -0.05) is 18.2 Å². The molecular formula is C21H20FNO4. The number of hydrogen-bond acceptors (Lipinski definition) is 4. The van der Waals surface area contributed by atoms with Gasteiger partial charge in [0.15, 0.2) is 17.3 Å². The van der Waals surface area contributed by atoms with Crippen LogP contribution in [0.15, 0.2) is 42.5 Å². The summed E-state index contributed by atoms with van der Waals surface area (Å²) in [5.74, 6) is 0.782. The molecule has 2 aromatic carbocycles. The van der Waals surface area contributed by atoms with E-state index in [4.69, 9.17) is 9.47 Å². The molecule has 1 saturated heterocycles. The Morgan fingerprint density at radius 2 is 1.89 bits per heavy atom. The number of ketones is 1. The van der Waals surface area contributed by atoms with Crippen LogP contribution in [0.1, 0.15) is 41.1 Å². The molecule has 1 fully saturated rings. The summed E-state index contributed by atoms with van der Waals surface area (Å²) < 4.78 is 24.4. The third kappa shape index (κ3) is 3.65. The Bertz CT molecular complexity index is 882. The lowest BCUT2D eigenvalue weighted by atomic mass is 9.98. The molecule has 140 valence electrons. The quantitative estimate of drug-likeness (QED) is 0.757. The maximum Gasteiger partial charge on any atom is 0.231 e. The van der Waals surface area contributed by atoms with Crippen LogP contribution in [0, 0.1) is 5.82 Å². The van der Waals surface area contributed by atoms with Crippen molar-refractivity contribution in [3.8, 4) is 11.5 Å². The summed E-state index contributed by atoms with van der Waals surface area (Å²) in [4.78, 5) is 26.4. The smallest absolute Gasteiger partial charge is 0.231 e. The molecule has 2 aromatic rings. The minimum Gasteiger partial charge on any atom is -0.454 e. The highest BCUT2D eigenvalue weighted by molar-refractivity contribution is 5.98. The molecule has 2 aliphatic rings. The predicted molar refractivity (Wildman–Crippen MR) is 96.5 cm³/mol. The summed E-state index contributed by atoms with van der Waals surface area (Å²) in [6.45, 7) is 1.52. The van der Waals surface area contributed by atoms with E-state index in [1.165, 1.54) is 18.2 Å². The molecule has 6 heteroatoms. The minimum atomic E-state index is -0.543. The van der Waals surface area contributed by atoms with Crippen LogP contribution < -0.4 is 9.47 Å². The number of nitrogens with zero attached hydrogens (tertiary/aromatic N) is 1. The zero-order valence-electron chi connectivity index (χ0n) is 14.8. The SMILES string of the molecule is O=C(CCC(=O)N1CCC(c2ccc3c(c2)OCO3)C1)c1ccccc1F. The highest BCUT2D eigenvalue weighted by atomic mass is 19.1. The Morgan fingerprint density at radius 1 is 1.07 bits per heavy atom. The average molecular weight is 369 g/mol. The van der Waals surface area contributed by atoms with E-state index < -0.39 is 5.82 Å². The van der Waals surface area contributed by atoms with E-state index in [1.54, 1.807) is 11.0 Å². The molecule has 2 heterocycles. The van der Waals surface area contributed by atoms with Crippen LogP contribution in [0.2, 0.25) is 0 Å². The van der Waals surface area contributed by atoms with E-state index in [9.17, 15) is 14.0 Å². The lowest BCUT2D eigenvalue weighted by Crippen LogP contribution is -2.28. The van der Waals surface area contributed by atoms with Crippen LogP contribution in [0.25, 0.3) is 0 Å². The Labute approximate surface area is 156 Å². The van der Waals surface area contributed by atoms with Gasteiger partial charge in [-0.2, -0.15) is 0 Å². The highest BCUT2D eigenvalue weighted by Crippen LogP contribution is 2.37. The lowest BCUT2D eigenvalue weighted by molar-refractivity contribution is -0.130. The summed E-state index contributed by atoms with van der Waals surface area (Å²) in [5, 5.41) is 0. The number of likely N-dealkylation sites (tertiary alicyclic amines) is 1. The van der Waals surface area contributed by atoms with Crippen LogP contribution in [0.5, 0.6) is 11.5 Å². The van der Waals surface area contributed by atoms with Crippen molar-refractivity contribution in [3.63, 3.8) is 0 Å². The molecule has 27 heavy (non-hydrogen) atoms. The monoisotopic (exact) mass is 369 g/mol. The number of benzene rings is 2. The van der Waals surface area contributed by atoms with Gasteiger partial charge in [0, 0.05) is 31.8 Å². The van der Waals surface area contributed by atoms with Gasteiger partial charge in [0.2, 0.25) is 12.7 Å². The summed E-state index contributed by atoms with van der Waals surface area (Å²) >= 11 is 0. The lowest BCUT2D eigenvalue weighted by Gasteiger charge is -2.17. The average Bonchev–Trinajstić information content (AvgIpc) is 3.35. The van der Waals surface area contributed by atoms with Crippen LogP contribution in [-0.4, -0.2) is 36.5 Å². The fourth-order valence-electron chi connectivity index (χ4n) is 3.63. The van der Waals surface area contributed by atoms with Gasteiger partial charge in [0.1, 0.15) is 5.82 Å². The van der Waals surface area contributed by atoms with Crippen molar-refractivity contribution in [2.45, 2.75) is 25.2 Å². The van der Waals surface area contributed by atoms with Crippen molar-refractivity contribution in [2.24, 2.45) is 0 Å². The number of ether oxygens (including phenoxy) is 2. The van der Waals surface area contributed by atoms with Gasteiger partial charge >= 0.3 is 0 Å². The van der Waals surface area contributed by atoms with Gasteiger partial charge in [0.05, 0.1) is 5.56 Å². The molecular weight excluding hydrogens is 349 g/mol. The number of carbonyl (C=O) groups excluding carboxylic acids is 2. The topological polar surface area (TPSA) is 55.8 Å². The first kappa shape index (κ1) is 17.5. The number of carbonyl (C=O) groups is 2. The minimum absolute atomic E-state index is 0.0188. The number of amides is 1. The van der Waals surface area contributed by atoms with Crippen molar-refractivity contribution in [1.82, 2.24) is 4.90 Å². The van der Waals surface area contributed by atoms with E-state index in [-0.39, 0.29) is 42.8 Å². The molecule has 0 aromatic heterocycles. The van der Waals surface area contributed by atoms with Gasteiger partial charge in [-0.05, 0) is 36.2 Å². The van der Waals surface area contributed by atoms with Gasteiger partial charge in [0.25, 0.3) is 0 Å². The fourth-order valence-corrected chi connectivity index (χ4v) is 3.63. The van der Waals surface area contributed by atoms with Gasteiger partial charge in [-0.15, -0.1) is 0 Å². The second-order valence-corrected chi connectivity index (χ2v) is 6.84. The van der Waals surface area contributed by atoms with Gasteiger partial charge in [-0.3, -0.25) is 9.59 Å². The van der Waals surface area contributed by atoms with Crippen LogP contribution in [0.4, 0.5) is 4.39 Å². The van der Waals surface area contributed by atoms with E-state index in [2.05, 4.69) is 0 Å². The number of Topliss-reactive ketones (excluding diaryl/α,β-unsaturated/α-hetero) is 1. The molecule has 0 bridgehead atoms. The van der Waals surface area contributed by atoms with Crippen molar-refractivity contribution >= 4 is 11.7 Å². The third-order valence-electron chi connectivity index (χ3n) is 5.15. The summed E-state index contributed by atoms with van der Waals surface area (Å²) in [6, 6.07) is 11.7. The van der Waals surface area contributed by atoms with Crippen LogP contribution >= 0.6 is 0 Å². The summed E-state index contributed by atoms with van der Waals surface area (Å²) in [7, 11) is 0. The first-order chi connectivity index (χ1) is 13.1. The maximum absolute atomic E-state index is 13.7. The zero-order valence-corrected chi connectivity index (χ0v) is 14.8. The normalized spacial score (nSPS) is 18.0. The zero-order chi connectivity index (χ0) is 18.8. The van der Waals surface area contributed by atoms with E-state index in [1.807, 2.05) is 18.2 Å². The number of halogens is 1. The largest absolute Gasteiger partial charge is 0.454 e. The van der Waals surface area contributed by atoms with Gasteiger partial charge < -0.3 is 14.4 Å². The first-order valence-electron chi connectivity index (χ1n) is 9.07. The Hall–Kier alpha value is -2.89. The first-order valence-corrected chi connectivity index (χ1v) is 9.07. The van der Waals surface area contributed by atoms with E-state index in [0.29, 0.717) is 13.1 Å².